The Hall–Kier alpha value is -3.12. The summed E-state index contributed by atoms with van der Waals surface area (Å²) in [4.78, 5) is 35.6. The molecule has 0 spiro atoms. The zero-order valence-electron chi connectivity index (χ0n) is 18.8. The lowest BCUT2D eigenvalue weighted by Crippen LogP contribution is -2.40. The SMILES string of the molecule is CCCn1c(=O)c2[nH]c(-c3cnn(CC#CCN(CC)CC)c3)nc2n(CCC)c1=O. The summed E-state index contributed by atoms with van der Waals surface area (Å²) in [5.74, 6) is 6.83. The van der Waals surface area contributed by atoms with Gasteiger partial charge in [-0.2, -0.15) is 5.10 Å². The number of imidazole rings is 1. The van der Waals surface area contributed by atoms with E-state index in [1.54, 1.807) is 15.4 Å². The van der Waals surface area contributed by atoms with Crippen LogP contribution in [-0.4, -0.2) is 53.4 Å². The predicted molar refractivity (Wildman–Crippen MR) is 122 cm³/mol. The summed E-state index contributed by atoms with van der Waals surface area (Å²) < 4.78 is 4.61. The highest BCUT2D eigenvalue weighted by Gasteiger charge is 2.18. The molecule has 3 heterocycles. The van der Waals surface area contributed by atoms with Crippen LogP contribution < -0.4 is 11.2 Å². The molecule has 0 atom stereocenters. The summed E-state index contributed by atoms with van der Waals surface area (Å²) in [6.07, 6.45) is 5.01. The van der Waals surface area contributed by atoms with Crippen LogP contribution in [0.15, 0.2) is 22.0 Å². The largest absolute Gasteiger partial charge is 0.332 e. The van der Waals surface area contributed by atoms with Gasteiger partial charge in [-0.1, -0.05) is 39.5 Å². The minimum absolute atomic E-state index is 0.307. The second kappa shape index (κ2) is 10.3. The number of hydrogen-bond acceptors (Lipinski definition) is 5. The van der Waals surface area contributed by atoms with Crippen molar-refractivity contribution >= 4 is 11.2 Å². The highest BCUT2D eigenvalue weighted by atomic mass is 16.2. The lowest BCUT2D eigenvalue weighted by Gasteiger charge is -2.13. The van der Waals surface area contributed by atoms with Crippen LogP contribution >= 0.6 is 0 Å². The van der Waals surface area contributed by atoms with Gasteiger partial charge < -0.3 is 4.98 Å². The van der Waals surface area contributed by atoms with Crippen molar-refractivity contribution in [3.63, 3.8) is 0 Å². The molecule has 1 N–H and O–H groups in total. The van der Waals surface area contributed by atoms with E-state index in [-0.39, 0.29) is 11.2 Å². The average molecular weight is 426 g/mol. The Bertz CT molecular complexity index is 1200. The molecule has 0 aliphatic rings. The normalized spacial score (nSPS) is 11.3. The fourth-order valence-corrected chi connectivity index (χ4v) is 3.47. The van der Waals surface area contributed by atoms with Crippen LogP contribution in [0.4, 0.5) is 0 Å². The van der Waals surface area contributed by atoms with Crippen molar-refractivity contribution < 1.29 is 0 Å². The summed E-state index contributed by atoms with van der Waals surface area (Å²) in [5, 5.41) is 4.35. The van der Waals surface area contributed by atoms with E-state index in [1.165, 1.54) is 4.57 Å². The number of aromatic nitrogens is 6. The third kappa shape index (κ3) is 4.80. The van der Waals surface area contributed by atoms with Gasteiger partial charge in [0.05, 0.1) is 18.3 Å². The molecule has 0 unspecified atom stereocenters. The zero-order valence-corrected chi connectivity index (χ0v) is 18.8. The van der Waals surface area contributed by atoms with E-state index in [2.05, 4.69) is 45.7 Å². The van der Waals surface area contributed by atoms with Crippen molar-refractivity contribution in [3.05, 3.63) is 33.2 Å². The van der Waals surface area contributed by atoms with E-state index in [1.807, 2.05) is 20.0 Å². The van der Waals surface area contributed by atoms with Crippen LogP contribution in [0, 0.1) is 11.8 Å². The molecule has 0 aliphatic carbocycles. The Labute approximate surface area is 181 Å². The third-order valence-corrected chi connectivity index (χ3v) is 5.23. The molecule has 0 aliphatic heterocycles. The predicted octanol–water partition coefficient (Wildman–Crippen LogP) is 1.91. The number of fused-ring (bicyclic) bond motifs is 1. The number of aryl methyl sites for hydroxylation is 1. The molecule has 0 aromatic carbocycles. The van der Waals surface area contributed by atoms with Crippen LogP contribution in [0.3, 0.4) is 0 Å². The van der Waals surface area contributed by atoms with E-state index >= 15 is 0 Å². The monoisotopic (exact) mass is 425 g/mol. The van der Waals surface area contributed by atoms with Gasteiger partial charge in [0, 0.05) is 19.3 Å². The first kappa shape index (κ1) is 22.6. The summed E-state index contributed by atoms with van der Waals surface area (Å²) >= 11 is 0. The Morgan fingerprint density at radius 2 is 1.74 bits per heavy atom. The van der Waals surface area contributed by atoms with Crippen LogP contribution in [-0.2, 0) is 19.6 Å². The van der Waals surface area contributed by atoms with E-state index in [0.717, 1.165) is 31.6 Å². The fourth-order valence-electron chi connectivity index (χ4n) is 3.47. The molecule has 0 saturated carbocycles. The summed E-state index contributed by atoms with van der Waals surface area (Å²) in [5.41, 5.74) is 0.856. The van der Waals surface area contributed by atoms with Crippen molar-refractivity contribution in [3.8, 4) is 23.2 Å². The highest BCUT2D eigenvalue weighted by molar-refractivity contribution is 5.75. The fraction of sp³-hybridized carbons (Fsp3) is 0.545. The van der Waals surface area contributed by atoms with Crippen molar-refractivity contribution in [2.75, 3.05) is 19.6 Å². The molecule has 0 fully saturated rings. The Balaban J connectivity index is 1.92. The van der Waals surface area contributed by atoms with Crippen LogP contribution in [0.1, 0.15) is 40.5 Å². The lowest BCUT2D eigenvalue weighted by atomic mass is 10.3. The first-order valence-corrected chi connectivity index (χ1v) is 11.0. The number of nitrogens with zero attached hydrogens (tertiary/aromatic N) is 6. The van der Waals surface area contributed by atoms with Gasteiger partial charge in [-0.15, -0.1) is 0 Å². The van der Waals surface area contributed by atoms with Gasteiger partial charge in [0.2, 0.25) is 0 Å². The molecule has 166 valence electrons. The second-order valence-corrected chi connectivity index (χ2v) is 7.42. The molecule has 0 amide bonds. The van der Waals surface area contributed by atoms with Crippen molar-refractivity contribution in [2.45, 2.75) is 60.2 Å². The minimum atomic E-state index is -0.331. The number of nitrogens with one attached hydrogen (secondary N) is 1. The summed E-state index contributed by atoms with van der Waals surface area (Å²) in [7, 11) is 0. The number of rotatable bonds is 9. The smallest absolute Gasteiger partial charge is 0.332 e. The van der Waals surface area contributed by atoms with Crippen LogP contribution in [0.2, 0.25) is 0 Å². The molecule has 0 bridgehead atoms. The maximum atomic E-state index is 12.9. The van der Waals surface area contributed by atoms with E-state index < -0.39 is 0 Å². The molecule has 9 nitrogen and oxygen atoms in total. The van der Waals surface area contributed by atoms with E-state index in [9.17, 15) is 9.59 Å². The number of aromatic amines is 1. The van der Waals surface area contributed by atoms with Crippen molar-refractivity contribution in [1.82, 2.24) is 33.8 Å². The maximum absolute atomic E-state index is 12.9. The average Bonchev–Trinajstić information content (AvgIpc) is 3.42. The van der Waals surface area contributed by atoms with Gasteiger partial charge in [0.15, 0.2) is 5.65 Å². The Morgan fingerprint density at radius 1 is 1.03 bits per heavy atom. The van der Waals surface area contributed by atoms with Gasteiger partial charge in [-0.25, -0.2) is 9.78 Å². The first-order valence-electron chi connectivity index (χ1n) is 11.0. The third-order valence-electron chi connectivity index (χ3n) is 5.23. The zero-order chi connectivity index (χ0) is 22.4. The van der Waals surface area contributed by atoms with Crippen molar-refractivity contribution in [1.29, 1.82) is 0 Å². The molecule has 31 heavy (non-hydrogen) atoms. The van der Waals surface area contributed by atoms with Gasteiger partial charge in [-0.05, 0) is 25.9 Å². The maximum Gasteiger partial charge on any atom is 0.332 e. The number of hydrogen-bond donors (Lipinski definition) is 1. The van der Waals surface area contributed by atoms with Crippen LogP contribution in [0.25, 0.3) is 22.6 Å². The van der Waals surface area contributed by atoms with E-state index in [4.69, 9.17) is 0 Å². The quantitative estimate of drug-likeness (QED) is 0.529. The Kier molecular flexibility index (Phi) is 7.47. The summed E-state index contributed by atoms with van der Waals surface area (Å²) in [6.45, 7) is 12.2. The number of H-pyrrole nitrogens is 1. The van der Waals surface area contributed by atoms with Gasteiger partial charge >= 0.3 is 5.69 Å². The van der Waals surface area contributed by atoms with Gasteiger partial charge in [0.25, 0.3) is 5.56 Å². The molecule has 3 rings (SSSR count). The first-order chi connectivity index (χ1) is 15.0. The Morgan fingerprint density at radius 3 is 2.42 bits per heavy atom. The van der Waals surface area contributed by atoms with E-state index in [0.29, 0.717) is 43.0 Å². The molecule has 3 aromatic rings. The topological polar surface area (TPSA) is 93.7 Å². The van der Waals surface area contributed by atoms with Crippen molar-refractivity contribution in [2.24, 2.45) is 0 Å². The minimum Gasteiger partial charge on any atom is -0.332 e. The standard InChI is InChI=1S/C22H31N7O2/c1-5-11-28-20-18(21(30)29(12-6-2)22(28)31)24-19(25-20)17-15-23-27(16-17)14-10-9-13-26(7-3)8-4/h15-16H,5-8,11-14H2,1-4H3,(H,24,25). The second-order valence-electron chi connectivity index (χ2n) is 7.42. The molecular formula is C22H31N7O2. The van der Waals surface area contributed by atoms with Gasteiger partial charge in [-0.3, -0.25) is 23.5 Å². The molecule has 0 radical (unpaired) electrons. The molecule has 9 heteroatoms. The highest BCUT2D eigenvalue weighted by Crippen LogP contribution is 2.17. The molecular weight excluding hydrogens is 394 g/mol. The summed E-state index contributed by atoms with van der Waals surface area (Å²) in [6, 6.07) is 0. The lowest BCUT2D eigenvalue weighted by molar-refractivity contribution is 0.342. The molecule has 3 aromatic heterocycles. The van der Waals surface area contributed by atoms with Crippen LogP contribution in [0.5, 0.6) is 0 Å². The molecule has 0 saturated heterocycles. The van der Waals surface area contributed by atoms with Gasteiger partial charge in [0.1, 0.15) is 17.9 Å².